The van der Waals surface area contributed by atoms with E-state index in [1.165, 1.54) is 5.56 Å². The summed E-state index contributed by atoms with van der Waals surface area (Å²) in [6.07, 6.45) is 2.76. The van der Waals surface area contributed by atoms with Gasteiger partial charge in [-0.3, -0.25) is 5.01 Å². The third-order valence-electron chi connectivity index (χ3n) is 3.95. The zero-order valence-corrected chi connectivity index (χ0v) is 15.3. The molecule has 0 aliphatic carbocycles. The Balaban J connectivity index is 1.65. The molecule has 0 amide bonds. The molecule has 0 radical (unpaired) electrons. The zero-order valence-electron chi connectivity index (χ0n) is 15.3. The molecule has 6 nitrogen and oxygen atoms in total. The molecule has 0 saturated heterocycles. The normalized spacial score (nSPS) is 15.3. The van der Waals surface area contributed by atoms with E-state index in [1.54, 1.807) is 0 Å². The van der Waals surface area contributed by atoms with Gasteiger partial charge in [0.25, 0.3) is 0 Å². The largest absolute Gasteiger partial charge is 0.432 e. The molecule has 1 aliphatic rings. The lowest BCUT2D eigenvalue weighted by Gasteiger charge is -2.25. The van der Waals surface area contributed by atoms with Crippen LogP contribution in [0.3, 0.4) is 0 Å². The predicted octanol–water partition coefficient (Wildman–Crippen LogP) is 3.79. The van der Waals surface area contributed by atoms with Crippen molar-refractivity contribution < 1.29 is 4.84 Å². The molecule has 0 aromatic heterocycles. The summed E-state index contributed by atoms with van der Waals surface area (Å²) >= 11 is 0. The molecular weight excluding hydrogens is 326 g/mol. The molecule has 1 unspecified atom stereocenters. The molecule has 3 rings (SSSR count). The van der Waals surface area contributed by atoms with Gasteiger partial charge in [-0.15, -0.1) is 0 Å². The zero-order chi connectivity index (χ0) is 18.4. The van der Waals surface area contributed by atoms with Crippen molar-refractivity contribution in [3.05, 3.63) is 83.6 Å². The monoisotopic (exact) mass is 350 g/mol. The first-order chi connectivity index (χ1) is 12.6. The fourth-order valence-electron chi connectivity index (χ4n) is 2.54. The van der Waals surface area contributed by atoms with Crippen LogP contribution in [0.4, 0.5) is 5.69 Å². The minimum Gasteiger partial charge on any atom is -0.432 e. The van der Waals surface area contributed by atoms with E-state index in [0.717, 1.165) is 12.1 Å². The van der Waals surface area contributed by atoms with Crippen molar-refractivity contribution in [3.8, 4) is 0 Å². The minimum absolute atomic E-state index is 0.221. The Morgan fingerprint density at radius 1 is 1.12 bits per heavy atom. The van der Waals surface area contributed by atoms with Crippen molar-refractivity contribution in [2.75, 3.05) is 14.1 Å². The van der Waals surface area contributed by atoms with E-state index in [-0.39, 0.29) is 6.04 Å². The van der Waals surface area contributed by atoms with Crippen molar-refractivity contribution in [1.29, 1.82) is 0 Å². The summed E-state index contributed by atoms with van der Waals surface area (Å²) in [6, 6.07) is 20.3. The number of hydrogen-bond donors (Lipinski definition) is 1. The van der Waals surface area contributed by atoms with E-state index in [0.29, 0.717) is 11.8 Å². The summed E-state index contributed by atoms with van der Waals surface area (Å²) in [7, 11) is 3.81. The van der Waals surface area contributed by atoms with E-state index in [2.05, 4.69) is 47.1 Å². The van der Waals surface area contributed by atoms with Crippen molar-refractivity contribution in [1.82, 2.24) is 15.5 Å². The second-order valence-electron chi connectivity index (χ2n) is 6.36. The molecule has 1 N–H and O–H groups in total. The summed E-state index contributed by atoms with van der Waals surface area (Å²) in [6.45, 7) is 2.13. The van der Waals surface area contributed by atoms with Crippen molar-refractivity contribution >= 4 is 11.6 Å². The Bertz CT molecular complexity index is 758. The number of hydrogen-bond acceptors (Lipinski definition) is 4. The van der Waals surface area contributed by atoms with Gasteiger partial charge in [-0.05, 0) is 38.7 Å². The summed E-state index contributed by atoms with van der Waals surface area (Å²) in [4.78, 5) is 11.9. The van der Waals surface area contributed by atoms with Crippen LogP contribution >= 0.6 is 0 Å². The lowest BCUT2D eigenvalue weighted by molar-refractivity contribution is 0.00573. The molecule has 0 fully saturated rings. The first-order valence-electron chi connectivity index (χ1n) is 8.61. The van der Waals surface area contributed by atoms with Gasteiger partial charge in [-0.2, -0.15) is 0 Å². The average molecular weight is 350 g/mol. The molecule has 0 bridgehead atoms. The number of hydrazine groups is 1. The Labute approximate surface area is 154 Å². The fourth-order valence-corrected chi connectivity index (χ4v) is 2.54. The molecule has 1 heterocycles. The third kappa shape index (κ3) is 4.77. The molecule has 6 heteroatoms. The molecular formula is C20H24N5O-. The van der Waals surface area contributed by atoms with E-state index in [4.69, 9.17) is 4.84 Å². The van der Waals surface area contributed by atoms with Gasteiger partial charge in [-0.25, -0.2) is 0 Å². The number of aliphatic imine (C=N–C) groups is 1. The van der Waals surface area contributed by atoms with Crippen LogP contribution in [0, 0.1) is 0 Å². The van der Waals surface area contributed by atoms with Crippen molar-refractivity contribution in [3.63, 3.8) is 0 Å². The fraction of sp³-hybridized carbons (Fsp3) is 0.250. The van der Waals surface area contributed by atoms with Gasteiger partial charge in [0.05, 0.1) is 6.20 Å². The van der Waals surface area contributed by atoms with Crippen LogP contribution in [0.2, 0.25) is 0 Å². The van der Waals surface area contributed by atoms with E-state index >= 15 is 0 Å². The predicted molar refractivity (Wildman–Crippen MR) is 104 cm³/mol. The van der Waals surface area contributed by atoms with Crippen LogP contribution in [-0.4, -0.2) is 36.0 Å². The van der Waals surface area contributed by atoms with E-state index < -0.39 is 0 Å². The minimum atomic E-state index is 0.221. The van der Waals surface area contributed by atoms with Crippen LogP contribution in [0.25, 0.3) is 5.32 Å². The van der Waals surface area contributed by atoms with Crippen LogP contribution in [-0.2, 0) is 11.3 Å². The van der Waals surface area contributed by atoms with Crippen LogP contribution in [0.5, 0.6) is 0 Å². The molecule has 26 heavy (non-hydrogen) atoms. The molecule has 1 aliphatic heterocycles. The van der Waals surface area contributed by atoms with Gasteiger partial charge in [0, 0.05) is 12.0 Å². The van der Waals surface area contributed by atoms with Crippen LogP contribution < -0.4 is 5.59 Å². The molecule has 136 valence electrons. The first kappa shape index (κ1) is 17.8. The highest BCUT2D eigenvalue weighted by molar-refractivity contribution is 5.96. The number of nitrogens with one attached hydrogen (secondary N) is 1. The summed E-state index contributed by atoms with van der Waals surface area (Å²) in [5.41, 5.74) is 5.03. The molecule has 1 atom stereocenters. The Hall–Kier alpha value is -2.99. The second kappa shape index (κ2) is 8.40. The van der Waals surface area contributed by atoms with Gasteiger partial charge in [-0.1, -0.05) is 66.3 Å². The quantitative estimate of drug-likeness (QED) is 0.658. The Morgan fingerprint density at radius 2 is 1.77 bits per heavy atom. The lowest BCUT2D eigenvalue weighted by Crippen LogP contribution is -2.37. The number of benzene rings is 2. The first-order valence-corrected chi connectivity index (χ1v) is 8.61. The van der Waals surface area contributed by atoms with Crippen molar-refractivity contribution in [2.45, 2.75) is 19.4 Å². The number of para-hydroxylation sites is 1. The number of rotatable bonds is 5. The standard InChI is InChI=1S/C20H24N5O/c1-16(14-17-10-6-4-7-11-17)25-15-19(26-23-25)22-20(24(2)3)21-18-12-8-5-9-13-18/h4-13,15-16,23H,14H2,1-3H3/q-1. The average Bonchev–Trinajstić information content (AvgIpc) is 3.12. The highest BCUT2D eigenvalue weighted by atomic mass is 16.7. The Morgan fingerprint density at radius 3 is 2.42 bits per heavy atom. The van der Waals surface area contributed by atoms with Gasteiger partial charge < -0.3 is 20.0 Å². The highest BCUT2D eigenvalue weighted by Gasteiger charge is 2.18. The topological polar surface area (TPSA) is 54.2 Å². The lowest BCUT2D eigenvalue weighted by atomic mass is 10.1. The SMILES string of the molecule is CC(Cc1ccccc1)N1C=C([N-]C(=Nc2ccccc2)N(C)C)ON1. The van der Waals surface area contributed by atoms with Gasteiger partial charge >= 0.3 is 0 Å². The summed E-state index contributed by atoms with van der Waals surface area (Å²) < 4.78 is 0. The van der Waals surface area contributed by atoms with Gasteiger partial charge in [0.2, 0.25) is 0 Å². The maximum Gasteiger partial charge on any atom is 0.191 e. The molecule has 2 aromatic rings. The smallest absolute Gasteiger partial charge is 0.191 e. The summed E-state index contributed by atoms with van der Waals surface area (Å²) in [5.74, 6) is 1.05. The maximum atomic E-state index is 5.51. The van der Waals surface area contributed by atoms with E-state index in [1.807, 2.05) is 66.6 Å². The number of nitrogens with zero attached hydrogens (tertiary/aromatic N) is 4. The van der Waals surface area contributed by atoms with Crippen LogP contribution in [0.15, 0.2) is 77.7 Å². The van der Waals surface area contributed by atoms with E-state index in [9.17, 15) is 0 Å². The van der Waals surface area contributed by atoms with Crippen LogP contribution in [0.1, 0.15) is 12.5 Å². The van der Waals surface area contributed by atoms with Gasteiger partial charge in [0.15, 0.2) is 5.88 Å². The maximum absolute atomic E-state index is 5.51. The molecule has 0 saturated carbocycles. The molecule has 0 spiro atoms. The second-order valence-corrected chi connectivity index (χ2v) is 6.36. The van der Waals surface area contributed by atoms with Gasteiger partial charge in [0.1, 0.15) is 0 Å². The third-order valence-corrected chi connectivity index (χ3v) is 3.95. The molecule has 2 aromatic carbocycles. The number of guanidine groups is 1. The Kier molecular flexibility index (Phi) is 5.76. The summed E-state index contributed by atoms with van der Waals surface area (Å²) in [5, 5.41) is 6.44. The highest BCUT2D eigenvalue weighted by Crippen LogP contribution is 2.20. The van der Waals surface area contributed by atoms with Crippen molar-refractivity contribution in [2.24, 2.45) is 4.99 Å².